The molecule has 0 radical (unpaired) electrons. The smallest absolute Gasteiger partial charge is 0.240 e. The highest BCUT2D eigenvalue weighted by Gasteiger charge is 2.16. The van der Waals surface area contributed by atoms with E-state index in [0.29, 0.717) is 10.6 Å². The largest absolute Gasteiger partial charge is 0.397 e. The Morgan fingerprint density at radius 3 is 2.74 bits per heavy atom. The molecule has 0 bridgehead atoms. The lowest BCUT2D eigenvalue weighted by Crippen LogP contribution is -2.23. The van der Waals surface area contributed by atoms with E-state index in [-0.39, 0.29) is 17.1 Å². The number of anilines is 1. The van der Waals surface area contributed by atoms with Gasteiger partial charge in [0.15, 0.2) is 0 Å². The molecule has 0 aliphatic heterocycles. The molecule has 0 aliphatic carbocycles. The zero-order chi connectivity index (χ0) is 14.0. The summed E-state index contributed by atoms with van der Waals surface area (Å²) < 4.78 is 26.8. The third-order valence-electron chi connectivity index (χ3n) is 2.61. The van der Waals surface area contributed by atoms with Crippen LogP contribution in [0.15, 0.2) is 33.9 Å². The van der Waals surface area contributed by atoms with Crippen LogP contribution in [0.2, 0.25) is 5.02 Å². The average molecular weight is 317 g/mol. The molecule has 19 heavy (non-hydrogen) atoms. The molecule has 1 aromatic heterocycles. The highest BCUT2D eigenvalue weighted by atomic mass is 35.5. The van der Waals surface area contributed by atoms with Crippen molar-refractivity contribution < 1.29 is 8.42 Å². The number of nitrogen functional groups attached to an aromatic ring is 1. The van der Waals surface area contributed by atoms with Crippen LogP contribution in [0.25, 0.3) is 0 Å². The van der Waals surface area contributed by atoms with Gasteiger partial charge in [-0.05, 0) is 47.0 Å². The molecule has 2 aromatic rings. The molecule has 0 saturated heterocycles. The van der Waals surface area contributed by atoms with Crippen LogP contribution in [0.3, 0.4) is 0 Å². The lowest BCUT2D eigenvalue weighted by atomic mass is 10.2. The zero-order valence-electron chi connectivity index (χ0n) is 10.2. The van der Waals surface area contributed by atoms with Gasteiger partial charge in [0.25, 0.3) is 0 Å². The van der Waals surface area contributed by atoms with E-state index in [1.807, 2.05) is 16.8 Å². The Morgan fingerprint density at radius 2 is 2.16 bits per heavy atom. The molecule has 0 unspecified atom stereocenters. The predicted molar refractivity (Wildman–Crippen MR) is 78.9 cm³/mol. The summed E-state index contributed by atoms with van der Waals surface area (Å²) in [5, 5.41) is 4.18. The zero-order valence-corrected chi connectivity index (χ0v) is 12.6. The highest BCUT2D eigenvalue weighted by Crippen LogP contribution is 2.26. The normalized spacial score (nSPS) is 11.7. The maximum Gasteiger partial charge on any atom is 0.240 e. The van der Waals surface area contributed by atoms with Crippen molar-refractivity contribution in [1.29, 1.82) is 0 Å². The molecular weight excluding hydrogens is 304 g/mol. The van der Waals surface area contributed by atoms with Gasteiger partial charge in [-0.15, -0.1) is 0 Å². The Balaban J connectivity index is 2.24. The number of benzene rings is 1. The lowest BCUT2D eigenvalue weighted by Gasteiger charge is -2.09. The minimum Gasteiger partial charge on any atom is -0.397 e. The van der Waals surface area contributed by atoms with E-state index in [1.165, 1.54) is 23.5 Å². The van der Waals surface area contributed by atoms with Crippen molar-refractivity contribution in [3.05, 3.63) is 45.1 Å². The second-order valence-electron chi connectivity index (χ2n) is 4.10. The standard InChI is InChI=1S/C12H13ClN2O2S2/c1-8-4-10(5-11(14)12(8)13)19(16,17)15-6-9-2-3-18-7-9/h2-5,7,15H,6,14H2,1H3. The highest BCUT2D eigenvalue weighted by molar-refractivity contribution is 7.89. The number of hydrogen-bond donors (Lipinski definition) is 2. The van der Waals surface area contributed by atoms with Crippen LogP contribution in [-0.4, -0.2) is 8.42 Å². The van der Waals surface area contributed by atoms with Gasteiger partial charge in [0, 0.05) is 6.54 Å². The van der Waals surface area contributed by atoms with Gasteiger partial charge in [0.2, 0.25) is 10.0 Å². The van der Waals surface area contributed by atoms with Crippen LogP contribution in [0, 0.1) is 6.92 Å². The van der Waals surface area contributed by atoms with Gasteiger partial charge in [0.05, 0.1) is 15.6 Å². The minimum absolute atomic E-state index is 0.127. The third kappa shape index (κ3) is 3.27. The molecule has 7 heteroatoms. The third-order valence-corrected chi connectivity index (χ3v) is 5.24. The first kappa shape index (κ1) is 14.3. The first-order chi connectivity index (χ1) is 8.90. The van der Waals surface area contributed by atoms with Gasteiger partial charge in [0.1, 0.15) is 0 Å². The molecule has 1 heterocycles. The summed E-state index contributed by atoms with van der Waals surface area (Å²) in [5.74, 6) is 0. The molecule has 0 amide bonds. The van der Waals surface area contributed by atoms with Crippen molar-refractivity contribution >= 4 is 38.6 Å². The molecule has 0 saturated carbocycles. The summed E-state index contributed by atoms with van der Waals surface area (Å²) in [4.78, 5) is 0.127. The van der Waals surface area contributed by atoms with Gasteiger partial charge >= 0.3 is 0 Å². The monoisotopic (exact) mass is 316 g/mol. The minimum atomic E-state index is -3.58. The Morgan fingerprint density at radius 1 is 1.42 bits per heavy atom. The topological polar surface area (TPSA) is 72.2 Å². The molecule has 1 aromatic carbocycles. The fourth-order valence-electron chi connectivity index (χ4n) is 1.57. The van der Waals surface area contributed by atoms with Crippen molar-refractivity contribution in [2.24, 2.45) is 0 Å². The molecule has 2 rings (SSSR count). The Hall–Kier alpha value is -1.08. The summed E-state index contributed by atoms with van der Waals surface area (Å²) in [7, 11) is -3.58. The summed E-state index contributed by atoms with van der Waals surface area (Å²) >= 11 is 7.44. The number of rotatable bonds is 4. The molecule has 0 aliphatic rings. The summed E-state index contributed by atoms with van der Waals surface area (Å²) in [6.45, 7) is 1.98. The number of hydrogen-bond acceptors (Lipinski definition) is 4. The van der Waals surface area contributed by atoms with Gasteiger partial charge in [-0.1, -0.05) is 11.6 Å². The van der Waals surface area contributed by atoms with Crippen molar-refractivity contribution in [2.45, 2.75) is 18.4 Å². The van der Waals surface area contributed by atoms with Crippen LogP contribution in [-0.2, 0) is 16.6 Å². The number of nitrogens with two attached hydrogens (primary N) is 1. The molecular formula is C12H13ClN2O2S2. The van der Waals surface area contributed by atoms with Gasteiger partial charge < -0.3 is 5.73 Å². The second kappa shape index (κ2) is 5.50. The number of sulfonamides is 1. The van der Waals surface area contributed by atoms with Crippen LogP contribution >= 0.6 is 22.9 Å². The molecule has 4 nitrogen and oxygen atoms in total. The van der Waals surface area contributed by atoms with Crippen molar-refractivity contribution in [3.8, 4) is 0 Å². The quantitative estimate of drug-likeness (QED) is 0.852. The predicted octanol–water partition coefficient (Wildman–Crippen LogP) is 2.77. The molecule has 0 atom stereocenters. The van der Waals surface area contributed by atoms with Crippen molar-refractivity contribution in [2.75, 3.05) is 5.73 Å². The maximum absolute atomic E-state index is 12.1. The maximum atomic E-state index is 12.1. The summed E-state index contributed by atoms with van der Waals surface area (Å²) in [5.41, 5.74) is 7.51. The van der Waals surface area contributed by atoms with E-state index < -0.39 is 10.0 Å². The van der Waals surface area contributed by atoms with Gasteiger partial charge in [-0.3, -0.25) is 0 Å². The average Bonchev–Trinajstić information content (AvgIpc) is 2.86. The van der Waals surface area contributed by atoms with Crippen LogP contribution in [0.4, 0.5) is 5.69 Å². The summed E-state index contributed by atoms with van der Waals surface area (Å²) in [6, 6.07) is 4.74. The van der Waals surface area contributed by atoms with E-state index >= 15 is 0 Å². The molecule has 0 fully saturated rings. The number of halogens is 1. The summed E-state index contributed by atoms with van der Waals surface area (Å²) in [6.07, 6.45) is 0. The van der Waals surface area contributed by atoms with E-state index in [0.717, 1.165) is 5.56 Å². The van der Waals surface area contributed by atoms with E-state index in [9.17, 15) is 8.42 Å². The van der Waals surface area contributed by atoms with Crippen molar-refractivity contribution in [3.63, 3.8) is 0 Å². The van der Waals surface area contributed by atoms with Crippen LogP contribution in [0.1, 0.15) is 11.1 Å². The van der Waals surface area contributed by atoms with Crippen LogP contribution in [0.5, 0.6) is 0 Å². The van der Waals surface area contributed by atoms with Crippen LogP contribution < -0.4 is 10.5 Å². The molecule has 3 N–H and O–H groups in total. The van der Waals surface area contributed by atoms with E-state index in [2.05, 4.69) is 4.72 Å². The van der Waals surface area contributed by atoms with Gasteiger partial charge in [-0.2, -0.15) is 11.3 Å². The molecule has 0 spiro atoms. The number of thiophene rings is 1. The van der Waals surface area contributed by atoms with Gasteiger partial charge in [-0.25, -0.2) is 13.1 Å². The van der Waals surface area contributed by atoms with E-state index in [1.54, 1.807) is 6.92 Å². The molecule has 102 valence electrons. The fraction of sp³-hybridized carbons (Fsp3) is 0.167. The second-order valence-corrected chi connectivity index (χ2v) is 7.02. The fourth-order valence-corrected chi connectivity index (χ4v) is 3.49. The first-order valence-electron chi connectivity index (χ1n) is 5.46. The first-order valence-corrected chi connectivity index (χ1v) is 8.27. The number of aryl methyl sites for hydroxylation is 1. The Kier molecular flexibility index (Phi) is 4.15. The Bertz CT molecular complexity index is 659. The SMILES string of the molecule is Cc1cc(S(=O)(=O)NCc2ccsc2)cc(N)c1Cl. The Labute approximate surface area is 121 Å². The lowest BCUT2D eigenvalue weighted by molar-refractivity contribution is 0.581. The van der Waals surface area contributed by atoms with E-state index in [4.69, 9.17) is 17.3 Å². The van der Waals surface area contributed by atoms with Crippen molar-refractivity contribution in [1.82, 2.24) is 4.72 Å². The number of nitrogens with one attached hydrogen (secondary N) is 1.